The van der Waals surface area contributed by atoms with Crippen LogP contribution in [0.2, 0.25) is 0 Å². The molecule has 0 unspecified atom stereocenters. The third kappa shape index (κ3) is 3.67. The van der Waals surface area contributed by atoms with Crippen LogP contribution in [0, 0.1) is 13.8 Å². The fourth-order valence-electron chi connectivity index (χ4n) is 3.48. The molecular weight excluding hydrogens is 340 g/mol. The number of anilines is 2. The number of carbonyl (C=O) groups is 1. The summed E-state index contributed by atoms with van der Waals surface area (Å²) in [5, 5.41) is 7.67. The molecule has 7 heteroatoms. The number of amides is 1. The number of hydrogen-bond acceptors (Lipinski definition) is 5. The van der Waals surface area contributed by atoms with Crippen molar-refractivity contribution >= 4 is 17.5 Å². The summed E-state index contributed by atoms with van der Waals surface area (Å²) in [5.41, 5.74) is 3.55. The molecule has 0 radical (unpaired) electrons. The van der Waals surface area contributed by atoms with Crippen molar-refractivity contribution in [3.63, 3.8) is 0 Å². The standard InChI is InChI=1S/C20H22N6O/c1-14-10-15(2)26(24-14)18-8-9-25(13-18)19(27)16-11-21-20(22-12-16)23-17-6-4-3-5-7-17/h3-7,10-12,18H,8-9,13H2,1-2H3,(H,21,22,23)/t18-/m0/s1. The first-order valence-corrected chi connectivity index (χ1v) is 9.06. The predicted octanol–water partition coefficient (Wildman–Crippen LogP) is 3.12. The van der Waals surface area contributed by atoms with Gasteiger partial charge in [0.2, 0.25) is 5.95 Å². The second-order valence-corrected chi connectivity index (χ2v) is 6.85. The van der Waals surface area contributed by atoms with Gasteiger partial charge in [-0.05, 0) is 38.5 Å². The zero-order chi connectivity index (χ0) is 18.8. The fourth-order valence-corrected chi connectivity index (χ4v) is 3.48. The van der Waals surface area contributed by atoms with Gasteiger partial charge in [-0.25, -0.2) is 9.97 Å². The minimum absolute atomic E-state index is 0.0368. The molecule has 1 saturated heterocycles. The molecule has 3 heterocycles. The number of hydrogen-bond donors (Lipinski definition) is 1. The van der Waals surface area contributed by atoms with Gasteiger partial charge in [0.25, 0.3) is 5.91 Å². The van der Waals surface area contributed by atoms with Crippen molar-refractivity contribution in [1.82, 2.24) is 24.6 Å². The van der Waals surface area contributed by atoms with E-state index >= 15 is 0 Å². The van der Waals surface area contributed by atoms with Crippen molar-refractivity contribution in [3.8, 4) is 0 Å². The molecule has 0 saturated carbocycles. The van der Waals surface area contributed by atoms with Crippen molar-refractivity contribution in [2.45, 2.75) is 26.3 Å². The lowest BCUT2D eigenvalue weighted by atomic mass is 10.2. The second kappa shape index (κ2) is 7.19. The van der Waals surface area contributed by atoms with Gasteiger partial charge in [-0.1, -0.05) is 18.2 Å². The molecule has 1 amide bonds. The molecule has 1 aromatic carbocycles. The molecule has 0 aliphatic carbocycles. The van der Waals surface area contributed by atoms with Crippen LogP contribution >= 0.6 is 0 Å². The van der Waals surface area contributed by atoms with Crippen molar-refractivity contribution in [3.05, 3.63) is 65.7 Å². The van der Waals surface area contributed by atoms with Crippen LogP contribution in [0.3, 0.4) is 0 Å². The SMILES string of the molecule is Cc1cc(C)n([C@H]2CCN(C(=O)c3cnc(Nc4ccccc4)nc3)C2)n1. The number of carbonyl (C=O) groups excluding carboxylic acids is 1. The highest BCUT2D eigenvalue weighted by Gasteiger charge is 2.29. The summed E-state index contributed by atoms with van der Waals surface area (Å²) >= 11 is 0. The van der Waals surface area contributed by atoms with Crippen molar-refractivity contribution in [2.24, 2.45) is 0 Å². The minimum Gasteiger partial charge on any atom is -0.336 e. The van der Waals surface area contributed by atoms with E-state index in [1.54, 1.807) is 12.4 Å². The van der Waals surface area contributed by atoms with E-state index in [1.165, 1.54) is 0 Å². The summed E-state index contributed by atoms with van der Waals surface area (Å²) in [4.78, 5) is 23.2. The number of nitrogens with zero attached hydrogens (tertiary/aromatic N) is 5. The maximum Gasteiger partial charge on any atom is 0.257 e. The largest absolute Gasteiger partial charge is 0.336 e. The molecule has 3 aromatic rings. The van der Waals surface area contributed by atoms with Crippen LogP contribution < -0.4 is 5.32 Å². The van der Waals surface area contributed by atoms with Crippen LogP contribution in [-0.2, 0) is 0 Å². The zero-order valence-corrected chi connectivity index (χ0v) is 15.5. The smallest absolute Gasteiger partial charge is 0.257 e. The molecule has 7 nitrogen and oxygen atoms in total. The number of rotatable bonds is 4. The van der Waals surface area contributed by atoms with Gasteiger partial charge < -0.3 is 10.2 Å². The van der Waals surface area contributed by atoms with Crippen molar-refractivity contribution in [2.75, 3.05) is 18.4 Å². The lowest BCUT2D eigenvalue weighted by molar-refractivity contribution is 0.0786. The molecule has 138 valence electrons. The number of aromatic nitrogens is 4. The summed E-state index contributed by atoms with van der Waals surface area (Å²) in [7, 11) is 0. The molecule has 4 rings (SSSR count). The van der Waals surface area contributed by atoms with E-state index in [2.05, 4.69) is 33.4 Å². The van der Waals surface area contributed by atoms with Crippen LogP contribution in [0.15, 0.2) is 48.8 Å². The zero-order valence-electron chi connectivity index (χ0n) is 15.5. The summed E-state index contributed by atoms with van der Waals surface area (Å²) in [6, 6.07) is 12.0. The van der Waals surface area contributed by atoms with E-state index in [-0.39, 0.29) is 11.9 Å². The van der Waals surface area contributed by atoms with Gasteiger partial charge in [0.05, 0.1) is 17.3 Å². The van der Waals surface area contributed by atoms with Crippen molar-refractivity contribution < 1.29 is 4.79 Å². The Balaban J connectivity index is 1.42. The number of nitrogens with one attached hydrogen (secondary N) is 1. The van der Waals surface area contributed by atoms with E-state index in [1.807, 2.05) is 46.8 Å². The summed E-state index contributed by atoms with van der Waals surface area (Å²) < 4.78 is 2.03. The first kappa shape index (κ1) is 17.2. The first-order chi connectivity index (χ1) is 13.1. The Labute approximate surface area is 158 Å². The Bertz CT molecular complexity index is 935. The van der Waals surface area contributed by atoms with Gasteiger partial charge in [0.15, 0.2) is 0 Å². The highest BCUT2D eigenvalue weighted by molar-refractivity contribution is 5.93. The monoisotopic (exact) mass is 362 g/mol. The summed E-state index contributed by atoms with van der Waals surface area (Å²) in [5.74, 6) is 0.435. The van der Waals surface area contributed by atoms with E-state index in [4.69, 9.17) is 0 Å². The Morgan fingerprint density at radius 2 is 1.89 bits per heavy atom. The number of benzene rings is 1. The normalized spacial score (nSPS) is 16.5. The lowest BCUT2D eigenvalue weighted by Gasteiger charge is -2.17. The average Bonchev–Trinajstić information content (AvgIpc) is 3.29. The fraction of sp³-hybridized carbons (Fsp3) is 0.300. The average molecular weight is 362 g/mol. The molecule has 1 aliphatic heterocycles. The molecule has 1 N–H and O–H groups in total. The van der Waals surface area contributed by atoms with Gasteiger partial charge in [0.1, 0.15) is 0 Å². The molecule has 1 atom stereocenters. The summed E-state index contributed by atoms with van der Waals surface area (Å²) in [6.07, 6.45) is 4.07. The Morgan fingerprint density at radius 3 is 2.56 bits per heavy atom. The number of para-hydroxylation sites is 1. The molecule has 0 bridgehead atoms. The van der Waals surface area contributed by atoms with E-state index in [0.717, 1.165) is 23.5 Å². The van der Waals surface area contributed by atoms with Crippen LogP contribution in [0.25, 0.3) is 0 Å². The molecular formula is C20H22N6O. The molecule has 1 aliphatic rings. The summed E-state index contributed by atoms with van der Waals surface area (Å²) in [6.45, 7) is 5.41. The van der Waals surface area contributed by atoms with E-state index < -0.39 is 0 Å². The van der Waals surface area contributed by atoms with Gasteiger partial charge in [-0.3, -0.25) is 9.48 Å². The van der Waals surface area contributed by atoms with Crippen LogP contribution in [0.4, 0.5) is 11.6 Å². The Hall–Kier alpha value is -3.22. The molecule has 2 aromatic heterocycles. The first-order valence-electron chi connectivity index (χ1n) is 9.06. The lowest BCUT2D eigenvalue weighted by Crippen LogP contribution is -2.29. The molecule has 1 fully saturated rings. The highest BCUT2D eigenvalue weighted by Crippen LogP contribution is 2.24. The van der Waals surface area contributed by atoms with Gasteiger partial charge in [-0.2, -0.15) is 5.10 Å². The molecule has 0 spiro atoms. The van der Waals surface area contributed by atoms with Crippen LogP contribution in [0.1, 0.15) is 34.2 Å². The van der Waals surface area contributed by atoms with Crippen LogP contribution in [-0.4, -0.2) is 43.6 Å². The predicted molar refractivity (Wildman–Crippen MR) is 103 cm³/mol. The van der Waals surface area contributed by atoms with Gasteiger partial charge >= 0.3 is 0 Å². The van der Waals surface area contributed by atoms with Gasteiger partial charge in [-0.15, -0.1) is 0 Å². The topological polar surface area (TPSA) is 75.9 Å². The van der Waals surface area contributed by atoms with E-state index in [0.29, 0.717) is 24.6 Å². The highest BCUT2D eigenvalue weighted by atomic mass is 16.2. The number of likely N-dealkylation sites (tertiary alicyclic amines) is 1. The third-order valence-corrected chi connectivity index (χ3v) is 4.77. The third-order valence-electron chi connectivity index (χ3n) is 4.77. The minimum atomic E-state index is -0.0368. The van der Waals surface area contributed by atoms with Crippen molar-refractivity contribution in [1.29, 1.82) is 0 Å². The van der Waals surface area contributed by atoms with Gasteiger partial charge in [0, 0.05) is 36.9 Å². The number of aryl methyl sites for hydroxylation is 2. The maximum atomic E-state index is 12.8. The quantitative estimate of drug-likeness (QED) is 0.772. The Morgan fingerprint density at radius 1 is 1.15 bits per heavy atom. The Kier molecular flexibility index (Phi) is 4.58. The second-order valence-electron chi connectivity index (χ2n) is 6.85. The maximum absolute atomic E-state index is 12.8. The van der Waals surface area contributed by atoms with E-state index in [9.17, 15) is 4.79 Å². The molecule has 27 heavy (non-hydrogen) atoms. The van der Waals surface area contributed by atoms with Crippen LogP contribution in [0.5, 0.6) is 0 Å².